The third-order valence-corrected chi connectivity index (χ3v) is 6.30. The first-order valence-electron chi connectivity index (χ1n) is 9.91. The van der Waals surface area contributed by atoms with Crippen LogP contribution in [0.1, 0.15) is 25.0 Å². The summed E-state index contributed by atoms with van der Waals surface area (Å²) in [4.78, 5) is 44.2. The molecule has 1 amide bonds. The highest BCUT2D eigenvalue weighted by Gasteiger charge is 2.21. The van der Waals surface area contributed by atoms with Crippen LogP contribution in [0, 0.1) is 6.92 Å². The number of nitrogens with zero attached hydrogens (tertiary/aromatic N) is 5. The van der Waals surface area contributed by atoms with Crippen LogP contribution < -0.4 is 11.2 Å². The molecule has 2 heterocycles. The lowest BCUT2D eigenvalue weighted by atomic mass is 10.1. The van der Waals surface area contributed by atoms with E-state index in [4.69, 9.17) is 0 Å². The molecule has 3 rings (SSSR count). The predicted octanol–water partition coefficient (Wildman–Crippen LogP) is 1.75. The Morgan fingerprint density at radius 1 is 1.10 bits per heavy atom. The fourth-order valence-corrected chi connectivity index (χ4v) is 4.33. The van der Waals surface area contributed by atoms with Gasteiger partial charge in [0.1, 0.15) is 0 Å². The number of aromatic nitrogens is 4. The largest absolute Gasteiger partial charge is 0.343 e. The minimum atomic E-state index is -0.427. The van der Waals surface area contributed by atoms with Crippen LogP contribution in [0.25, 0.3) is 11.2 Å². The second-order valence-corrected chi connectivity index (χ2v) is 8.08. The van der Waals surface area contributed by atoms with Gasteiger partial charge in [-0.2, -0.15) is 0 Å². The van der Waals surface area contributed by atoms with E-state index in [0.29, 0.717) is 36.0 Å². The van der Waals surface area contributed by atoms with Crippen LogP contribution in [0.15, 0.2) is 39.0 Å². The van der Waals surface area contributed by atoms with Gasteiger partial charge in [0.05, 0.1) is 12.3 Å². The van der Waals surface area contributed by atoms with Gasteiger partial charge in [0.25, 0.3) is 5.56 Å². The lowest BCUT2D eigenvalue weighted by molar-refractivity contribution is -0.127. The van der Waals surface area contributed by atoms with Gasteiger partial charge in [-0.3, -0.25) is 18.7 Å². The first-order valence-corrected chi connectivity index (χ1v) is 10.9. The van der Waals surface area contributed by atoms with Gasteiger partial charge >= 0.3 is 5.69 Å². The van der Waals surface area contributed by atoms with Crippen molar-refractivity contribution in [1.82, 2.24) is 23.6 Å². The van der Waals surface area contributed by atoms with Crippen molar-refractivity contribution in [2.45, 2.75) is 32.5 Å². The lowest BCUT2D eigenvalue weighted by Crippen LogP contribution is -2.37. The Bertz CT molecular complexity index is 1200. The minimum absolute atomic E-state index is 0.0151. The zero-order valence-electron chi connectivity index (χ0n) is 18.0. The van der Waals surface area contributed by atoms with Crippen molar-refractivity contribution in [3.05, 3.63) is 56.2 Å². The Kier molecular flexibility index (Phi) is 6.50. The number of amides is 1. The van der Waals surface area contributed by atoms with Gasteiger partial charge < -0.3 is 9.47 Å². The van der Waals surface area contributed by atoms with E-state index in [1.165, 1.54) is 23.4 Å². The second kappa shape index (κ2) is 8.91. The summed E-state index contributed by atoms with van der Waals surface area (Å²) < 4.78 is 4.29. The summed E-state index contributed by atoms with van der Waals surface area (Å²) in [5.41, 5.74) is 2.01. The number of fused-ring (bicyclic) bond motifs is 1. The molecule has 30 heavy (non-hydrogen) atoms. The van der Waals surface area contributed by atoms with Crippen LogP contribution in [-0.2, 0) is 25.4 Å². The Morgan fingerprint density at radius 3 is 2.40 bits per heavy atom. The standard InChI is InChI=1S/C21H27N5O3S/c1-6-25(7-2)16(27)13-30-20-22-18-17(19(28)24(5)21(29)23(18)4)26(20)12-15-11-9-8-10-14(15)3/h8-11H,6-7,12-13H2,1-5H3. The zero-order valence-corrected chi connectivity index (χ0v) is 18.8. The van der Waals surface area contributed by atoms with Crippen molar-refractivity contribution in [1.29, 1.82) is 0 Å². The summed E-state index contributed by atoms with van der Waals surface area (Å²) in [6.07, 6.45) is 0. The van der Waals surface area contributed by atoms with E-state index < -0.39 is 11.2 Å². The molecular weight excluding hydrogens is 402 g/mol. The molecule has 0 radical (unpaired) electrons. The predicted molar refractivity (Wildman–Crippen MR) is 119 cm³/mol. The number of aryl methyl sites for hydroxylation is 2. The molecule has 1 aromatic carbocycles. The van der Waals surface area contributed by atoms with E-state index in [1.54, 1.807) is 11.9 Å². The van der Waals surface area contributed by atoms with Crippen molar-refractivity contribution >= 4 is 28.8 Å². The van der Waals surface area contributed by atoms with E-state index in [9.17, 15) is 14.4 Å². The molecule has 0 saturated heterocycles. The van der Waals surface area contributed by atoms with Crippen LogP contribution in [-0.4, -0.2) is 48.3 Å². The molecule has 0 bridgehead atoms. The summed E-state index contributed by atoms with van der Waals surface area (Å²) in [7, 11) is 3.07. The van der Waals surface area contributed by atoms with Crippen LogP contribution in [0.5, 0.6) is 0 Å². The van der Waals surface area contributed by atoms with Crippen molar-refractivity contribution < 1.29 is 4.79 Å². The lowest BCUT2D eigenvalue weighted by Gasteiger charge is -2.18. The first-order chi connectivity index (χ1) is 14.3. The van der Waals surface area contributed by atoms with Crippen molar-refractivity contribution in [3.8, 4) is 0 Å². The maximum Gasteiger partial charge on any atom is 0.332 e. The third kappa shape index (κ3) is 3.94. The molecule has 160 valence electrons. The molecule has 0 fully saturated rings. The van der Waals surface area contributed by atoms with E-state index in [-0.39, 0.29) is 11.7 Å². The Morgan fingerprint density at radius 2 is 1.77 bits per heavy atom. The second-order valence-electron chi connectivity index (χ2n) is 7.14. The Hall–Kier alpha value is -2.81. The van der Waals surface area contributed by atoms with Crippen LogP contribution in [0.4, 0.5) is 0 Å². The molecule has 0 aliphatic heterocycles. The SMILES string of the molecule is CCN(CC)C(=O)CSc1nc2c(c(=O)n(C)c(=O)n2C)n1Cc1ccccc1C. The molecule has 9 heteroatoms. The molecule has 0 atom stereocenters. The minimum Gasteiger partial charge on any atom is -0.343 e. The number of benzene rings is 1. The van der Waals surface area contributed by atoms with E-state index in [2.05, 4.69) is 4.98 Å². The molecule has 0 unspecified atom stereocenters. The number of imidazole rings is 1. The first kappa shape index (κ1) is 21.9. The van der Waals surface area contributed by atoms with Gasteiger partial charge in [-0.05, 0) is 31.9 Å². The van der Waals surface area contributed by atoms with Crippen molar-refractivity contribution in [2.75, 3.05) is 18.8 Å². The molecule has 8 nitrogen and oxygen atoms in total. The molecule has 0 aliphatic rings. The summed E-state index contributed by atoms with van der Waals surface area (Å²) in [6, 6.07) is 7.93. The average molecular weight is 430 g/mol. The van der Waals surface area contributed by atoms with Gasteiger partial charge in [-0.1, -0.05) is 36.0 Å². The molecule has 3 aromatic rings. The molecule has 0 spiro atoms. The summed E-state index contributed by atoms with van der Waals surface area (Å²) in [5, 5.41) is 0.548. The van der Waals surface area contributed by atoms with Gasteiger partial charge in [0.2, 0.25) is 5.91 Å². The summed E-state index contributed by atoms with van der Waals surface area (Å²) in [6.45, 7) is 7.62. The zero-order chi connectivity index (χ0) is 22.0. The van der Waals surface area contributed by atoms with E-state index >= 15 is 0 Å². The maximum absolute atomic E-state index is 13.0. The van der Waals surface area contributed by atoms with Gasteiger partial charge in [-0.15, -0.1) is 0 Å². The number of rotatable bonds is 7. The van der Waals surface area contributed by atoms with Crippen molar-refractivity contribution in [2.24, 2.45) is 14.1 Å². The van der Waals surface area contributed by atoms with Gasteiger partial charge in [-0.25, -0.2) is 9.78 Å². The van der Waals surface area contributed by atoms with E-state index in [0.717, 1.165) is 15.7 Å². The van der Waals surface area contributed by atoms with Crippen LogP contribution in [0.3, 0.4) is 0 Å². The fourth-order valence-electron chi connectivity index (χ4n) is 3.44. The highest BCUT2D eigenvalue weighted by molar-refractivity contribution is 7.99. The quantitative estimate of drug-likeness (QED) is 0.535. The maximum atomic E-state index is 13.0. The molecule has 0 saturated carbocycles. The number of hydrogen-bond donors (Lipinski definition) is 0. The smallest absolute Gasteiger partial charge is 0.332 e. The molecule has 0 N–H and O–H groups in total. The molecular formula is C21H27N5O3S. The Labute approximate surface area is 179 Å². The van der Waals surface area contributed by atoms with Gasteiger partial charge in [0.15, 0.2) is 16.3 Å². The monoisotopic (exact) mass is 429 g/mol. The number of hydrogen-bond acceptors (Lipinski definition) is 5. The number of carbonyl (C=O) groups excluding carboxylic acids is 1. The number of carbonyl (C=O) groups is 1. The van der Waals surface area contributed by atoms with Gasteiger partial charge in [0, 0.05) is 27.2 Å². The normalized spacial score (nSPS) is 11.2. The Balaban J connectivity index is 2.13. The fraction of sp³-hybridized carbons (Fsp3) is 0.429. The van der Waals surface area contributed by atoms with Crippen molar-refractivity contribution in [3.63, 3.8) is 0 Å². The topological polar surface area (TPSA) is 82.1 Å². The molecule has 0 aliphatic carbocycles. The highest BCUT2D eigenvalue weighted by Crippen LogP contribution is 2.24. The van der Waals surface area contributed by atoms with Crippen LogP contribution in [0.2, 0.25) is 0 Å². The summed E-state index contributed by atoms with van der Waals surface area (Å²) in [5.74, 6) is 0.230. The number of thioether (sulfide) groups is 1. The van der Waals surface area contributed by atoms with Crippen LogP contribution >= 0.6 is 11.8 Å². The summed E-state index contributed by atoms with van der Waals surface area (Å²) >= 11 is 1.29. The van der Waals surface area contributed by atoms with E-state index in [1.807, 2.05) is 49.6 Å². The molecule has 2 aromatic heterocycles. The highest BCUT2D eigenvalue weighted by atomic mass is 32.2. The third-order valence-electron chi connectivity index (χ3n) is 5.34. The average Bonchev–Trinajstić information content (AvgIpc) is 3.10.